The fourth-order valence-corrected chi connectivity index (χ4v) is 2.65. The second-order valence-corrected chi connectivity index (χ2v) is 5.65. The van der Waals surface area contributed by atoms with Crippen LogP contribution in [0.15, 0.2) is 54.6 Å². The van der Waals surface area contributed by atoms with Crippen molar-refractivity contribution in [3.05, 3.63) is 60.2 Å². The lowest BCUT2D eigenvalue weighted by molar-refractivity contribution is -0.137. The minimum absolute atomic E-state index is 0.0818. The summed E-state index contributed by atoms with van der Waals surface area (Å²) in [7, 11) is 0. The first-order chi connectivity index (χ1) is 11.5. The van der Waals surface area contributed by atoms with Gasteiger partial charge in [0.1, 0.15) is 6.61 Å². The third-order valence-corrected chi connectivity index (χ3v) is 4.06. The van der Waals surface area contributed by atoms with E-state index >= 15 is 0 Å². The number of carbonyl (C=O) groups is 2. The van der Waals surface area contributed by atoms with Crippen molar-refractivity contribution in [2.75, 3.05) is 24.6 Å². The van der Waals surface area contributed by atoms with Crippen LogP contribution in [0.4, 0.5) is 5.69 Å². The summed E-state index contributed by atoms with van der Waals surface area (Å²) in [6.45, 7) is 11.0. The molecule has 1 saturated carbocycles. The molecule has 0 radical (unpaired) electrons. The van der Waals surface area contributed by atoms with E-state index in [4.69, 9.17) is 4.74 Å². The lowest BCUT2D eigenvalue weighted by Gasteiger charge is -2.22. The van der Waals surface area contributed by atoms with Crippen molar-refractivity contribution in [2.24, 2.45) is 0 Å². The number of ketones is 1. The number of allylic oxidation sites excluding steroid dienone is 2. The predicted octanol–water partition coefficient (Wildman–Crippen LogP) is 3.54. The summed E-state index contributed by atoms with van der Waals surface area (Å²) in [5.41, 5.74) is 3.59. The highest BCUT2D eigenvalue weighted by molar-refractivity contribution is 6.12. The molecular formula is C20H23NO3. The zero-order chi connectivity index (χ0) is 17.5. The van der Waals surface area contributed by atoms with Gasteiger partial charge < -0.3 is 9.64 Å². The lowest BCUT2D eigenvalue weighted by Crippen LogP contribution is -2.27. The summed E-state index contributed by atoms with van der Waals surface area (Å²) in [6.07, 6.45) is 4.63. The molecule has 0 unspecified atom stereocenters. The molecule has 4 nitrogen and oxygen atoms in total. The molecule has 0 N–H and O–H groups in total. The number of rotatable bonds is 7. The van der Waals surface area contributed by atoms with Crippen LogP contribution < -0.4 is 4.90 Å². The van der Waals surface area contributed by atoms with Gasteiger partial charge in [0.25, 0.3) is 0 Å². The van der Waals surface area contributed by atoms with E-state index in [-0.39, 0.29) is 5.78 Å². The number of carbonyl (C=O) groups excluding carboxylic acids is 2. The Morgan fingerprint density at radius 3 is 2.54 bits per heavy atom. The normalized spacial score (nSPS) is 15.6. The van der Waals surface area contributed by atoms with Crippen LogP contribution in [0.25, 0.3) is 6.08 Å². The number of anilines is 1. The Balaban J connectivity index is 2.00. The van der Waals surface area contributed by atoms with Gasteiger partial charge >= 0.3 is 5.97 Å². The first-order valence-corrected chi connectivity index (χ1v) is 8.12. The van der Waals surface area contributed by atoms with Crippen molar-refractivity contribution in [2.45, 2.75) is 19.8 Å². The number of ether oxygens (including phenoxy) is 1. The molecule has 0 aromatic heterocycles. The van der Waals surface area contributed by atoms with Gasteiger partial charge in [0.2, 0.25) is 0 Å². The van der Waals surface area contributed by atoms with Crippen molar-refractivity contribution in [3.8, 4) is 0 Å². The summed E-state index contributed by atoms with van der Waals surface area (Å²) in [4.78, 5) is 25.1. The van der Waals surface area contributed by atoms with E-state index in [9.17, 15) is 9.59 Å². The average Bonchev–Trinajstić information content (AvgIpc) is 2.91. The van der Waals surface area contributed by atoms with Gasteiger partial charge in [-0.3, -0.25) is 4.79 Å². The molecule has 0 atom stereocenters. The molecule has 0 amide bonds. The van der Waals surface area contributed by atoms with Gasteiger partial charge in [-0.1, -0.05) is 25.3 Å². The van der Waals surface area contributed by atoms with Crippen LogP contribution in [0.1, 0.15) is 25.3 Å². The number of hydrogen-bond donors (Lipinski definition) is 0. The highest BCUT2D eigenvalue weighted by atomic mass is 16.5. The molecule has 1 aliphatic rings. The van der Waals surface area contributed by atoms with Crippen LogP contribution in [-0.4, -0.2) is 31.4 Å². The van der Waals surface area contributed by atoms with Crippen molar-refractivity contribution in [1.29, 1.82) is 0 Å². The maximum absolute atomic E-state index is 11.9. The van der Waals surface area contributed by atoms with E-state index in [1.54, 1.807) is 0 Å². The minimum Gasteiger partial charge on any atom is -0.461 e. The maximum Gasteiger partial charge on any atom is 0.330 e. The van der Waals surface area contributed by atoms with E-state index in [0.717, 1.165) is 42.3 Å². The van der Waals surface area contributed by atoms with Gasteiger partial charge in [0, 0.05) is 23.9 Å². The van der Waals surface area contributed by atoms with Gasteiger partial charge in [0.15, 0.2) is 5.78 Å². The summed E-state index contributed by atoms with van der Waals surface area (Å²) in [6, 6.07) is 8.02. The van der Waals surface area contributed by atoms with Crippen molar-refractivity contribution in [3.63, 3.8) is 0 Å². The zero-order valence-electron chi connectivity index (χ0n) is 14.1. The summed E-state index contributed by atoms with van der Waals surface area (Å²) >= 11 is 0. The standard InChI is InChI=1S/C20H23NO3/c1-4-19(22)24-13-12-21(5-2)18-10-7-16(8-11-18)14-17-9-6-15(3)20(17)23/h4,7-8,10-11,14H,1,3,5-6,9,12-13H2,2H3. The first-order valence-electron chi connectivity index (χ1n) is 8.12. The van der Waals surface area contributed by atoms with Crippen molar-refractivity contribution in [1.82, 2.24) is 0 Å². The van der Waals surface area contributed by atoms with E-state index < -0.39 is 5.97 Å². The maximum atomic E-state index is 11.9. The van der Waals surface area contributed by atoms with Crippen LogP contribution in [0.5, 0.6) is 0 Å². The van der Waals surface area contributed by atoms with E-state index in [1.165, 1.54) is 0 Å². The Morgan fingerprint density at radius 2 is 2.00 bits per heavy atom. The highest BCUT2D eigenvalue weighted by Crippen LogP contribution is 2.27. The van der Waals surface area contributed by atoms with Crippen molar-refractivity contribution < 1.29 is 14.3 Å². The monoisotopic (exact) mass is 325 g/mol. The minimum atomic E-state index is -0.407. The van der Waals surface area contributed by atoms with Crippen LogP contribution in [-0.2, 0) is 14.3 Å². The molecule has 0 spiro atoms. The molecule has 0 heterocycles. The third-order valence-electron chi connectivity index (χ3n) is 4.06. The fraction of sp³-hybridized carbons (Fsp3) is 0.300. The van der Waals surface area contributed by atoms with Gasteiger partial charge in [-0.05, 0) is 49.1 Å². The molecule has 0 bridgehead atoms. The first kappa shape index (κ1) is 17.7. The quantitative estimate of drug-likeness (QED) is 0.568. The van der Waals surface area contributed by atoms with E-state index in [0.29, 0.717) is 18.7 Å². The molecule has 1 aromatic carbocycles. The largest absolute Gasteiger partial charge is 0.461 e. The average molecular weight is 325 g/mol. The fourth-order valence-electron chi connectivity index (χ4n) is 2.65. The Morgan fingerprint density at radius 1 is 1.29 bits per heavy atom. The Labute approximate surface area is 143 Å². The molecule has 0 aliphatic heterocycles. The predicted molar refractivity (Wildman–Crippen MR) is 96.8 cm³/mol. The Hall–Kier alpha value is -2.62. The number of Topliss-reactive ketones (excluding diaryl/α,β-unsaturated/α-hetero) is 1. The van der Waals surface area contributed by atoms with Gasteiger partial charge in [0.05, 0.1) is 6.54 Å². The van der Waals surface area contributed by atoms with Gasteiger partial charge in [-0.25, -0.2) is 4.79 Å². The second kappa shape index (κ2) is 8.29. The number of nitrogens with zero attached hydrogens (tertiary/aromatic N) is 1. The molecule has 1 fully saturated rings. The van der Waals surface area contributed by atoms with Crippen molar-refractivity contribution >= 4 is 23.5 Å². The molecule has 126 valence electrons. The molecule has 24 heavy (non-hydrogen) atoms. The second-order valence-electron chi connectivity index (χ2n) is 5.65. The Bertz CT molecular complexity index is 671. The van der Waals surface area contributed by atoms with E-state index in [2.05, 4.69) is 18.1 Å². The van der Waals surface area contributed by atoms with Gasteiger partial charge in [-0.15, -0.1) is 0 Å². The van der Waals surface area contributed by atoms with Crippen LogP contribution in [0.3, 0.4) is 0 Å². The highest BCUT2D eigenvalue weighted by Gasteiger charge is 2.20. The molecule has 2 rings (SSSR count). The molecular weight excluding hydrogens is 302 g/mol. The van der Waals surface area contributed by atoms with Crippen LogP contribution in [0, 0.1) is 0 Å². The molecule has 4 heteroatoms. The van der Waals surface area contributed by atoms with Gasteiger partial charge in [-0.2, -0.15) is 0 Å². The molecule has 1 aliphatic carbocycles. The summed E-state index contributed by atoms with van der Waals surface area (Å²) in [5, 5.41) is 0. The SMILES string of the molecule is C=CC(=O)OCCN(CC)c1ccc(C=C2CCC(=C)C2=O)cc1. The number of esters is 1. The third kappa shape index (κ3) is 4.44. The number of likely N-dealkylation sites (N-methyl/N-ethyl adjacent to an activating group) is 1. The molecule has 0 saturated heterocycles. The van der Waals surface area contributed by atoms with E-state index in [1.807, 2.05) is 37.3 Å². The Kier molecular flexibility index (Phi) is 6.13. The summed E-state index contributed by atoms with van der Waals surface area (Å²) in [5.74, 6) is -0.325. The number of hydrogen-bond acceptors (Lipinski definition) is 4. The van der Waals surface area contributed by atoms with Crippen LogP contribution in [0.2, 0.25) is 0 Å². The summed E-state index contributed by atoms with van der Waals surface area (Å²) < 4.78 is 5.03. The lowest BCUT2D eigenvalue weighted by atomic mass is 10.1. The van der Waals surface area contributed by atoms with Crippen LogP contribution >= 0.6 is 0 Å². The number of benzene rings is 1. The zero-order valence-corrected chi connectivity index (χ0v) is 14.1. The molecule has 1 aromatic rings. The topological polar surface area (TPSA) is 46.6 Å². The smallest absolute Gasteiger partial charge is 0.330 e.